The van der Waals surface area contributed by atoms with Crippen molar-refractivity contribution in [1.82, 2.24) is 15.1 Å². The highest BCUT2D eigenvalue weighted by Gasteiger charge is 2.08. The van der Waals surface area contributed by atoms with Crippen molar-refractivity contribution in [2.24, 2.45) is 0 Å². The lowest BCUT2D eigenvalue weighted by Gasteiger charge is -2.23. The Morgan fingerprint density at radius 3 is 2.36 bits per heavy atom. The molecule has 0 aromatic rings. The Morgan fingerprint density at radius 1 is 1.29 bits per heavy atom. The maximum absolute atomic E-state index is 8.61. The topological polar surface area (TPSA) is 42.3 Å². The summed E-state index contributed by atoms with van der Waals surface area (Å²) in [5.74, 6) is 0. The molecule has 0 aromatic carbocycles. The summed E-state index contributed by atoms with van der Waals surface area (Å²) in [6.45, 7) is 2.04. The number of nitrogens with one attached hydrogen (secondary N) is 1. The molecule has 0 aliphatic carbocycles. The average molecular weight is 198 g/mol. The van der Waals surface area contributed by atoms with Gasteiger partial charge < -0.3 is 10.2 Å². The maximum Gasteiger partial charge on any atom is 0.0725 e. The van der Waals surface area contributed by atoms with Crippen LogP contribution in [0.4, 0.5) is 0 Å². The van der Waals surface area contributed by atoms with Crippen molar-refractivity contribution >= 4 is 0 Å². The third-order valence-corrected chi connectivity index (χ3v) is 2.07. The zero-order valence-corrected chi connectivity index (χ0v) is 9.75. The van der Waals surface area contributed by atoms with Gasteiger partial charge >= 0.3 is 0 Å². The molecule has 0 rings (SSSR count). The molecule has 0 radical (unpaired) electrons. The van der Waals surface area contributed by atoms with Crippen molar-refractivity contribution in [3.05, 3.63) is 0 Å². The van der Waals surface area contributed by atoms with Gasteiger partial charge in [0.25, 0.3) is 0 Å². The summed E-state index contributed by atoms with van der Waals surface area (Å²) >= 11 is 0. The molecular formula is C10H22N4. The van der Waals surface area contributed by atoms with Crippen LogP contribution in [0.5, 0.6) is 0 Å². The van der Waals surface area contributed by atoms with Crippen molar-refractivity contribution in [2.75, 3.05) is 41.3 Å². The molecule has 1 unspecified atom stereocenters. The largest absolute Gasteiger partial charge is 0.309 e. The molecule has 0 bridgehead atoms. The number of rotatable bonds is 7. The van der Waals surface area contributed by atoms with E-state index < -0.39 is 0 Å². The molecule has 4 heteroatoms. The Kier molecular flexibility index (Phi) is 7.40. The number of hydrogen-bond acceptors (Lipinski definition) is 4. The normalized spacial score (nSPS) is 13.2. The highest BCUT2D eigenvalue weighted by Crippen LogP contribution is 1.94. The van der Waals surface area contributed by atoms with E-state index in [0.29, 0.717) is 6.42 Å². The maximum atomic E-state index is 8.61. The van der Waals surface area contributed by atoms with Crippen LogP contribution in [0.25, 0.3) is 0 Å². The molecule has 0 saturated carbocycles. The standard InChI is InChI=1S/C10H22N4/c1-13(2)9-5-8-12-10(6-7-11)14(3)4/h10,12H,5-6,8-9H2,1-4H3. The minimum absolute atomic E-state index is 0.183. The fraction of sp³-hybridized carbons (Fsp3) is 0.900. The van der Waals surface area contributed by atoms with Crippen molar-refractivity contribution in [3.8, 4) is 6.07 Å². The Hall–Kier alpha value is -0.630. The lowest BCUT2D eigenvalue weighted by molar-refractivity contribution is 0.245. The highest BCUT2D eigenvalue weighted by molar-refractivity contribution is 4.78. The minimum atomic E-state index is 0.183. The first-order valence-corrected chi connectivity index (χ1v) is 4.99. The Bertz CT molecular complexity index is 171. The van der Waals surface area contributed by atoms with E-state index in [9.17, 15) is 0 Å². The third-order valence-electron chi connectivity index (χ3n) is 2.07. The molecule has 0 saturated heterocycles. The molecule has 0 heterocycles. The quantitative estimate of drug-likeness (QED) is 0.473. The summed E-state index contributed by atoms with van der Waals surface area (Å²) in [4.78, 5) is 4.20. The molecule has 1 atom stereocenters. The van der Waals surface area contributed by atoms with Gasteiger partial charge in [-0.3, -0.25) is 4.90 Å². The van der Waals surface area contributed by atoms with Crippen molar-refractivity contribution in [1.29, 1.82) is 5.26 Å². The van der Waals surface area contributed by atoms with Gasteiger partial charge in [0.05, 0.1) is 18.7 Å². The van der Waals surface area contributed by atoms with Crippen LogP contribution in [0.3, 0.4) is 0 Å². The summed E-state index contributed by atoms with van der Waals surface area (Å²) < 4.78 is 0. The summed E-state index contributed by atoms with van der Waals surface area (Å²) in [6.07, 6.45) is 1.83. The van der Waals surface area contributed by atoms with Crippen LogP contribution in [-0.4, -0.2) is 57.2 Å². The molecule has 0 aromatic heterocycles. The van der Waals surface area contributed by atoms with E-state index in [4.69, 9.17) is 5.26 Å². The molecule has 82 valence electrons. The van der Waals surface area contributed by atoms with Crippen LogP contribution in [0.15, 0.2) is 0 Å². The van der Waals surface area contributed by atoms with Crippen LogP contribution in [0.2, 0.25) is 0 Å². The smallest absolute Gasteiger partial charge is 0.0725 e. The van der Waals surface area contributed by atoms with E-state index in [2.05, 4.69) is 30.4 Å². The van der Waals surface area contributed by atoms with Gasteiger partial charge in [-0.15, -0.1) is 0 Å². The van der Waals surface area contributed by atoms with Crippen LogP contribution < -0.4 is 5.32 Å². The SMILES string of the molecule is CN(C)CCCNC(CC#N)N(C)C. The Morgan fingerprint density at radius 2 is 1.93 bits per heavy atom. The van der Waals surface area contributed by atoms with E-state index in [1.54, 1.807) is 0 Å². The first-order valence-electron chi connectivity index (χ1n) is 4.99. The Balaban J connectivity index is 3.57. The molecule has 4 nitrogen and oxygen atoms in total. The first kappa shape index (κ1) is 13.4. The van der Waals surface area contributed by atoms with E-state index in [1.807, 2.05) is 19.0 Å². The van der Waals surface area contributed by atoms with Crippen LogP contribution >= 0.6 is 0 Å². The van der Waals surface area contributed by atoms with Gasteiger partial charge in [0.1, 0.15) is 0 Å². The van der Waals surface area contributed by atoms with Crippen LogP contribution in [0, 0.1) is 11.3 Å². The molecule has 1 N–H and O–H groups in total. The van der Waals surface area contributed by atoms with Gasteiger partial charge in [0, 0.05) is 0 Å². The molecule has 0 aliphatic heterocycles. The van der Waals surface area contributed by atoms with Crippen LogP contribution in [-0.2, 0) is 0 Å². The highest BCUT2D eigenvalue weighted by atomic mass is 15.2. The number of nitrogens with zero attached hydrogens (tertiary/aromatic N) is 3. The Labute approximate surface area is 87.5 Å². The molecule has 0 aliphatic rings. The average Bonchev–Trinajstić information content (AvgIpc) is 2.09. The first-order chi connectivity index (χ1) is 6.57. The van der Waals surface area contributed by atoms with E-state index in [0.717, 1.165) is 19.5 Å². The lowest BCUT2D eigenvalue weighted by atomic mass is 10.3. The summed E-state index contributed by atoms with van der Waals surface area (Å²) in [6, 6.07) is 2.18. The summed E-state index contributed by atoms with van der Waals surface area (Å²) in [5, 5.41) is 12.0. The zero-order chi connectivity index (χ0) is 11.0. The van der Waals surface area contributed by atoms with Crippen molar-refractivity contribution < 1.29 is 0 Å². The molecule has 0 spiro atoms. The van der Waals surface area contributed by atoms with E-state index in [1.165, 1.54) is 0 Å². The second-order valence-electron chi connectivity index (χ2n) is 3.95. The van der Waals surface area contributed by atoms with Gasteiger partial charge in [-0.25, -0.2) is 0 Å². The number of nitriles is 1. The molecule has 0 fully saturated rings. The molecule has 14 heavy (non-hydrogen) atoms. The van der Waals surface area contributed by atoms with Crippen molar-refractivity contribution in [2.45, 2.75) is 19.0 Å². The summed E-state index contributed by atoms with van der Waals surface area (Å²) in [5.41, 5.74) is 0. The third kappa shape index (κ3) is 6.84. The minimum Gasteiger partial charge on any atom is -0.309 e. The second-order valence-corrected chi connectivity index (χ2v) is 3.95. The molecule has 0 amide bonds. The predicted molar refractivity (Wildman–Crippen MR) is 58.9 cm³/mol. The molecular weight excluding hydrogens is 176 g/mol. The van der Waals surface area contributed by atoms with E-state index in [-0.39, 0.29) is 6.17 Å². The number of hydrogen-bond donors (Lipinski definition) is 1. The van der Waals surface area contributed by atoms with Crippen LogP contribution in [0.1, 0.15) is 12.8 Å². The van der Waals surface area contributed by atoms with Gasteiger partial charge in [-0.2, -0.15) is 5.26 Å². The zero-order valence-electron chi connectivity index (χ0n) is 9.75. The fourth-order valence-electron chi connectivity index (χ4n) is 1.19. The monoisotopic (exact) mass is 198 g/mol. The van der Waals surface area contributed by atoms with Gasteiger partial charge in [-0.05, 0) is 47.7 Å². The van der Waals surface area contributed by atoms with E-state index >= 15 is 0 Å². The van der Waals surface area contributed by atoms with Crippen molar-refractivity contribution in [3.63, 3.8) is 0 Å². The fourth-order valence-corrected chi connectivity index (χ4v) is 1.19. The van der Waals surface area contributed by atoms with Gasteiger partial charge in [-0.1, -0.05) is 0 Å². The van der Waals surface area contributed by atoms with Gasteiger partial charge in [0.15, 0.2) is 0 Å². The lowest BCUT2D eigenvalue weighted by Crippen LogP contribution is -2.42. The second kappa shape index (κ2) is 7.74. The van der Waals surface area contributed by atoms with Gasteiger partial charge in [0.2, 0.25) is 0 Å². The predicted octanol–water partition coefficient (Wildman–Crippen LogP) is 0.329. The summed E-state index contributed by atoms with van der Waals surface area (Å²) in [7, 11) is 8.11.